The van der Waals surface area contributed by atoms with E-state index in [2.05, 4.69) is 5.32 Å². The number of benzene rings is 1. The molecule has 0 unspecified atom stereocenters. The van der Waals surface area contributed by atoms with Crippen molar-refractivity contribution in [1.29, 1.82) is 0 Å². The van der Waals surface area contributed by atoms with E-state index in [1.807, 2.05) is 0 Å². The van der Waals surface area contributed by atoms with Gasteiger partial charge in [-0.1, -0.05) is 0 Å². The van der Waals surface area contributed by atoms with Crippen LogP contribution in [0.4, 0.5) is 0 Å². The molecule has 0 aliphatic heterocycles. The van der Waals surface area contributed by atoms with Crippen LogP contribution in [0.1, 0.15) is 5.56 Å². The van der Waals surface area contributed by atoms with E-state index in [4.69, 9.17) is 10.2 Å². The molecule has 0 saturated carbocycles. The summed E-state index contributed by atoms with van der Waals surface area (Å²) >= 11 is 0. The van der Waals surface area contributed by atoms with Gasteiger partial charge in [0, 0.05) is 6.07 Å². The van der Waals surface area contributed by atoms with Crippen LogP contribution >= 0.6 is 0 Å². The molecule has 13 heavy (non-hydrogen) atoms. The number of aromatic hydroxyl groups is 3. The van der Waals surface area contributed by atoms with Crippen molar-refractivity contribution >= 4 is 0 Å². The Bertz CT molecular complexity index is 299. The molecule has 0 aliphatic rings. The summed E-state index contributed by atoms with van der Waals surface area (Å²) in [5.74, 6) is -0.500. The van der Waals surface area contributed by atoms with Crippen LogP contribution < -0.4 is 5.32 Å². The number of likely N-dealkylation sites (N-methyl/N-ethyl adjacent to an activating group) is 1. The molecular weight excluding hydrogens is 170 g/mol. The smallest absolute Gasteiger partial charge is 0.161 e. The van der Waals surface area contributed by atoms with Gasteiger partial charge in [-0.25, -0.2) is 0 Å². The average Bonchev–Trinajstić information content (AvgIpc) is 2.09. The predicted octanol–water partition coefficient (Wildman–Crippen LogP) is 0.565. The summed E-state index contributed by atoms with van der Waals surface area (Å²) in [4.78, 5) is 0. The molecule has 1 aromatic rings. The summed E-state index contributed by atoms with van der Waals surface area (Å²) in [6.45, 7) is 0.706. The van der Waals surface area contributed by atoms with Crippen molar-refractivity contribution in [3.05, 3.63) is 17.7 Å². The van der Waals surface area contributed by atoms with Crippen molar-refractivity contribution in [2.24, 2.45) is 0 Å². The van der Waals surface area contributed by atoms with Gasteiger partial charge in [-0.05, 0) is 31.6 Å². The van der Waals surface area contributed by atoms with Gasteiger partial charge >= 0.3 is 0 Å². The number of nitrogens with one attached hydrogen (secondary N) is 1. The van der Waals surface area contributed by atoms with Crippen LogP contribution in [-0.2, 0) is 6.42 Å². The largest absolute Gasteiger partial charge is 0.508 e. The fraction of sp³-hybridized carbons (Fsp3) is 0.333. The lowest BCUT2D eigenvalue weighted by Crippen LogP contribution is -2.10. The summed E-state index contributed by atoms with van der Waals surface area (Å²) in [5, 5.41) is 30.4. The minimum Gasteiger partial charge on any atom is -0.508 e. The van der Waals surface area contributed by atoms with Gasteiger partial charge < -0.3 is 20.6 Å². The second-order valence-corrected chi connectivity index (χ2v) is 2.82. The molecule has 0 heterocycles. The van der Waals surface area contributed by atoms with Crippen LogP contribution in [-0.4, -0.2) is 28.9 Å². The molecule has 0 aliphatic carbocycles. The zero-order valence-electron chi connectivity index (χ0n) is 7.41. The number of hydrogen-bond acceptors (Lipinski definition) is 4. The highest BCUT2D eigenvalue weighted by Crippen LogP contribution is 2.32. The van der Waals surface area contributed by atoms with Gasteiger partial charge in [-0.2, -0.15) is 0 Å². The van der Waals surface area contributed by atoms with Gasteiger partial charge in [0.2, 0.25) is 0 Å². The molecule has 0 atom stereocenters. The fourth-order valence-electron chi connectivity index (χ4n) is 1.07. The Morgan fingerprint density at radius 3 is 2.31 bits per heavy atom. The van der Waals surface area contributed by atoms with Crippen molar-refractivity contribution in [2.45, 2.75) is 6.42 Å². The minimum atomic E-state index is -0.300. The van der Waals surface area contributed by atoms with Gasteiger partial charge in [-0.3, -0.25) is 0 Å². The third-order valence-corrected chi connectivity index (χ3v) is 1.82. The molecular formula is C9H13NO3. The summed E-state index contributed by atoms with van der Waals surface area (Å²) < 4.78 is 0. The van der Waals surface area contributed by atoms with Crippen LogP contribution in [0.2, 0.25) is 0 Å². The first-order valence-electron chi connectivity index (χ1n) is 4.03. The van der Waals surface area contributed by atoms with E-state index in [9.17, 15) is 5.11 Å². The third kappa shape index (κ3) is 2.26. The van der Waals surface area contributed by atoms with E-state index < -0.39 is 0 Å². The predicted molar refractivity (Wildman–Crippen MR) is 49.1 cm³/mol. The molecule has 0 amide bonds. The van der Waals surface area contributed by atoms with Gasteiger partial charge in [0.1, 0.15) is 5.75 Å². The van der Waals surface area contributed by atoms with E-state index in [1.54, 1.807) is 7.05 Å². The Morgan fingerprint density at radius 2 is 1.69 bits per heavy atom. The summed E-state index contributed by atoms with van der Waals surface area (Å²) in [5.41, 5.74) is 0.615. The van der Waals surface area contributed by atoms with E-state index >= 15 is 0 Å². The van der Waals surface area contributed by atoms with E-state index in [0.717, 1.165) is 6.07 Å². The first kappa shape index (κ1) is 9.67. The first-order valence-corrected chi connectivity index (χ1v) is 4.03. The fourth-order valence-corrected chi connectivity index (χ4v) is 1.07. The number of rotatable bonds is 3. The number of hydrogen-bond donors (Lipinski definition) is 4. The average molecular weight is 183 g/mol. The third-order valence-electron chi connectivity index (χ3n) is 1.82. The van der Waals surface area contributed by atoms with Crippen LogP contribution in [0, 0.1) is 0 Å². The maximum absolute atomic E-state index is 9.34. The van der Waals surface area contributed by atoms with Gasteiger partial charge in [-0.15, -0.1) is 0 Å². The van der Waals surface area contributed by atoms with Gasteiger partial charge in [0.15, 0.2) is 11.5 Å². The van der Waals surface area contributed by atoms with Crippen molar-refractivity contribution in [3.63, 3.8) is 0 Å². The van der Waals surface area contributed by atoms with E-state index in [0.29, 0.717) is 18.5 Å². The maximum atomic E-state index is 9.34. The highest BCUT2D eigenvalue weighted by molar-refractivity contribution is 5.48. The van der Waals surface area contributed by atoms with E-state index in [-0.39, 0.29) is 17.2 Å². The molecule has 4 N–H and O–H groups in total. The molecule has 0 saturated heterocycles. The van der Waals surface area contributed by atoms with Crippen LogP contribution in [0.15, 0.2) is 12.1 Å². The highest BCUT2D eigenvalue weighted by Gasteiger charge is 2.06. The molecule has 0 spiro atoms. The molecule has 72 valence electrons. The Balaban J connectivity index is 2.88. The Labute approximate surface area is 76.5 Å². The van der Waals surface area contributed by atoms with Gasteiger partial charge in [0.05, 0.1) is 0 Å². The lowest BCUT2D eigenvalue weighted by molar-refractivity contribution is 0.394. The normalized spacial score (nSPS) is 10.2. The lowest BCUT2D eigenvalue weighted by Gasteiger charge is -2.05. The van der Waals surface area contributed by atoms with E-state index in [1.165, 1.54) is 6.07 Å². The van der Waals surface area contributed by atoms with Crippen molar-refractivity contribution in [3.8, 4) is 17.2 Å². The Kier molecular flexibility index (Phi) is 2.97. The molecule has 1 aromatic carbocycles. The summed E-state index contributed by atoms with van der Waals surface area (Å²) in [7, 11) is 1.80. The highest BCUT2D eigenvalue weighted by atomic mass is 16.3. The monoisotopic (exact) mass is 183 g/mol. The van der Waals surface area contributed by atoms with Crippen LogP contribution in [0.3, 0.4) is 0 Å². The molecule has 4 heteroatoms. The molecule has 1 rings (SSSR count). The first-order chi connectivity index (χ1) is 6.15. The quantitative estimate of drug-likeness (QED) is 0.408. The molecule has 0 fully saturated rings. The van der Waals surface area contributed by atoms with Crippen molar-refractivity contribution in [1.82, 2.24) is 5.32 Å². The van der Waals surface area contributed by atoms with Crippen molar-refractivity contribution < 1.29 is 15.3 Å². The molecule has 4 nitrogen and oxygen atoms in total. The molecule has 0 radical (unpaired) electrons. The summed E-state index contributed by atoms with van der Waals surface area (Å²) in [6, 6.07) is 2.50. The van der Waals surface area contributed by atoms with Crippen LogP contribution in [0.25, 0.3) is 0 Å². The lowest BCUT2D eigenvalue weighted by atomic mass is 10.1. The van der Waals surface area contributed by atoms with Crippen molar-refractivity contribution in [2.75, 3.05) is 13.6 Å². The Hall–Kier alpha value is -1.42. The number of phenols is 3. The summed E-state index contributed by atoms with van der Waals surface area (Å²) in [6.07, 6.45) is 0.607. The zero-order chi connectivity index (χ0) is 9.84. The topological polar surface area (TPSA) is 72.7 Å². The second-order valence-electron chi connectivity index (χ2n) is 2.82. The number of phenolic OH excluding ortho intramolecular Hbond substituents is 3. The van der Waals surface area contributed by atoms with Gasteiger partial charge in [0.25, 0.3) is 0 Å². The minimum absolute atomic E-state index is 0.00514. The zero-order valence-corrected chi connectivity index (χ0v) is 7.41. The SMILES string of the molecule is CNCCc1cc(O)c(O)cc1O. The molecule has 0 bridgehead atoms. The Morgan fingerprint density at radius 1 is 1.08 bits per heavy atom. The maximum Gasteiger partial charge on any atom is 0.161 e. The second kappa shape index (κ2) is 4.00. The molecule has 0 aromatic heterocycles. The standard InChI is InChI=1S/C9H13NO3/c1-10-3-2-6-4-8(12)9(13)5-7(6)11/h4-5,10-13H,2-3H2,1H3. The van der Waals surface area contributed by atoms with Crippen LogP contribution in [0.5, 0.6) is 17.2 Å².